The number of benzene rings is 2. The van der Waals surface area contributed by atoms with E-state index < -0.39 is 6.04 Å². The summed E-state index contributed by atoms with van der Waals surface area (Å²) in [6.45, 7) is 1.42. The van der Waals surface area contributed by atoms with Crippen LogP contribution in [0.15, 0.2) is 48.8 Å². The minimum absolute atomic E-state index is 0.0552. The van der Waals surface area contributed by atoms with Crippen LogP contribution in [0.1, 0.15) is 5.56 Å². The Balaban J connectivity index is 1.44. The number of anilines is 2. The van der Waals surface area contributed by atoms with Crippen molar-refractivity contribution in [2.75, 3.05) is 44.4 Å². The summed E-state index contributed by atoms with van der Waals surface area (Å²) in [5.74, 6) is 0.0886. The van der Waals surface area contributed by atoms with Crippen molar-refractivity contribution in [1.29, 1.82) is 0 Å². The van der Waals surface area contributed by atoms with E-state index in [9.17, 15) is 9.59 Å². The molecule has 1 aliphatic heterocycles. The van der Waals surface area contributed by atoms with Crippen LogP contribution in [0.2, 0.25) is 5.02 Å². The number of ether oxygens (including phenoxy) is 1. The molecule has 2 heterocycles. The van der Waals surface area contributed by atoms with E-state index >= 15 is 0 Å². The van der Waals surface area contributed by atoms with Crippen molar-refractivity contribution in [3.05, 3.63) is 59.4 Å². The van der Waals surface area contributed by atoms with Crippen LogP contribution in [0.3, 0.4) is 0 Å². The molecular formula is C23H25ClN6O3. The number of piperazine rings is 1. The molecule has 1 aromatic heterocycles. The third-order valence-corrected chi connectivity index (χ3v) is 5.84. The second-order valence-electron chi connectivity index (χ2n) is 7.79. The lowest BCUT2D eigenvalue weighted by Crippen LogP contribution is -2.60. The number of nitrogens with two attached hydrogens (primary N) is 1. The molecule has 1 saturated heterocycles. The molecular weight excluding hydrogens is 444 g/mol. The Labute approximate surface area is 196 Å². The van der Waals surface area contributed by atoms with Gasteiger partial charge in [-0.15, -0.1) is 0 Å². The number of halogens is 1. The average molecular weight is 469 g/mol. The fourth-order valence-corrected chi connectivity index (χ4v) is 4.12. The van der Waals surface area contributed by atoms with Crippen molar-refractivity contribution in [2.45, 2.75) is 12.6 Å². The van der Waals surface area contributed by atoms with Gasteiger partial charge in [-0.3, -0.25) is 9.59 Å². The van der Waals surface area contributed by atoms with Crippen molar-refractivity contribution >= 4 is 45.8 Å². The number of aromatic nitrogens is 2. The molecule has 2 aromatic carbocycles. The van der Waals surface area contributed by atoms with Gasteiger partial charge in [0.1, 0.15) is 18.2 Å². The first-order chi connectivity index (χ1) is 16.0. The lowest BCUT2D eigenvalue weighted by Gasteiger charge is -2.40. The molecule has 1 aliphatic rings. The third-order valence-electron chi connectivity index (χ3n) is 5.60. The molecule has 1 fully saturated rings. The SMILES string of the molecule is COC[C@H]1C(=O)N(Cc2ccc3c(N)ncnc3c2)CCN1C(=O)CNc1cccc(Cl)c1. The Morgan fingerprint density at radius 3 is 2.88 bits per heavy atom. The summed E-state index contributed by atoms with van der Waals surface area (Å²) >= 11 is 6.00. The fourth-order valence-electron chi connectivity index (χ4n) is 3.93. The van der Waals surface area contributed by atoms with Gasteiger partial charge in [-0.1, -0.05) is 23.7 Å². The van der Waals surface area contributed by atoms with Crippen molar-refractivity contribution < 1.29 is 14.3 Å². The number of carbonyl (C=O) groups is 2. The lowest BCUT2D eigenvalue weighted by atomic mass is 10.1. The van der Waals surface area contributed by atoms with Gasteiger partial charge in [-0.05, 0) is 35.9 Å². The molecule has 10 heteroatoms. The van der Waals surface area contributed by atoms with E-state index in [1.165, 1.54) is 13.4 Å². The summed E-state index contributed by atoms with van der Waals surface area (Å²) in [6.07, 6.45) is 1.42. The molecule has 3 N–H and O–H groups in total. The highest BCUT2D eigenvalue weighted by molar-refractivity contribution is 6.30. The molecule has 172 valence electrons. The number of nitrogens with zero attached hydrogens (tertiary/aromatic N) is 4. The smallest absolute Gasteiger partial charge is 0.248 e. The Morgan fingerprint density at radius 1 is 1.24 bits per heavy atom. The van der Waals surface area contributed by atoms with E-state index in [1.54, 1.807) is 28.0 Å². The number of fused-ring (bicyclic) bond motifs is 1. The Morgan fingerprint density at radius 2 is 2.09 bits per heavy atom. The number of rotatable bonds is 7. The molecule has 0 aliphatic carbocycles. The van der Waals surface area contributed by atoms with Crippen LogP contribution < -0.4 is 11.1 Å². The van der Waals surface area contributed by atoms with E-state index in [4.69, 9.17) is 22.1 Å². The monoisotopic (exact) mass is 468 g/mol. The maximum atomic E-state index is 13.2. The maximum absolute atomic E-state index is 13.2. The molecule has 9 nitrogen and oxygen atoms in total. The summed E-state index contributed by atoms with van der Waals surface area (Å²) in [4.78, 5) is 37.7. The first-order valence-corrected chi connectivity index (χ1v) is 10.9. The van der Waals surface area contributed by atoms with Crippen LogP contribution in [0.4, 0.5) is 11.5 Å². The van der Waals surface area contributed by atoms with Gasteiger partial charge in [0.05, 0.1) is 18.7 Å². The molecule has 1 atom stereocenters. The summed E-state index contributed by atoms with van der Waals surface area (Å²) in [6, 6.07) is 12.1. The van der Waals surface area contributed by atoms with Crippen LogP contribution in [0, 0.1) is 0 Å². The minimum atomic E-state index is -0.684. The zero-order valence-corrected chi connectivity index (χ0v) is 19.0. The number of nitrogens with one attached hydrogen (secondary N) is 1. The van der Waals surface area contributed by atoms with Gasteiger partial charge in [0, 0.05) is 42.8 Å². The van der Waals surface area contributed by atoms with E-state index in [0.29, 0.717) is 30.5 Å². The summed E-state index contributed by atoms with van der Waals surface area (Å²) in [5, 5.41) is 4.42. The Hall–Kier alpha value is -3.43. The normalized spacial score (nSPS) is 16.3. The summed E-state index contributed by atoms with van der Waals surface area (Å²) < 4.78 is 5.27. The first kappa shape index (κ1) is 22.8. The van der Waals surface area contributed by atoms with Gasteiger partial charge in [0.2, 0.25) is 11.8 Å². The third kappa shape index (κ3) is 5.15. The lowest BCUT2D eigenvalue weighted by molar-refractivity contribution is -0.153. The van der Waals surface area contributed by atoms with Gasteiger partial charge in [0.15, 0.2) is 0 Å². The zero-order chi connectivity index (χ0) is 23.4. The first-order valence-electron chi connectivity index (χ1n) is 10.5. The quantitative estimate of drug-likeness (QED) is 0.546. The van der Waals surface area contributed by atoms with Gasteiger partial charge in [0.25, 0.3) is 0 Å². The molecule has 2 amide bonds. The highest BCUT2D eigenvalue weighted by Crippen LogP contribution is 2.21. The molecule has 0 saturated carbocycles. The maximum Gasteiger partial charge on any atom is 0.248 e. The summed E-state index contributed by atoms with van der Waals surface area (Å²) in [5.41, 5.74) is 8.29. The highest BCUT2D eigenvalue weighted by atomic mass is 35.5. The highest BCUT2D eigenvalue weighted by Gasteiger charge is 2.37. The van der Waals surface area contributed by atoms with Crippen LogP contribution in [0.25, 0.3) is 10.9 Å². The predicted octanol–water partition coefficient (Wildman–Crippen LogP) is 2.16. The van der Waals surface area contributed by atoms with Crippen molar-refractivity contribution in [3.63, 3.8) is 0 Å². The summed E-state index contributed by atoms with van der Waals surface area (Å²) in [7, 11) is 1.52. The molecule has 0 radical (unpaired) electrons. The van der Waals surface area contributed by atoms with E-state index in [0.717, 1.165) is 22.2 Å². The molecule has 3 aromatic rings. The Kier molecular flexibility index (Phi) is 6.90. The molecule has 0 unspecified atom stereocenters. The largest absolute Gasteiger partial charge is 0.383 e. The van der Waals surface area contributed by atoms with Gasteiger partial charge in [-0.25, -0.2) is 9.97 Å². The van der Waals surface area contributed by atoms with E-state index in [1.807, 2.05) is 24.3 Å². The van der Waals surface area contributed by atoms with Gasteiger partial charge >= 0.3 is 0 Å². The average Bonchev–Trinajstić information content (AvgIpc) is 2.80. The fraction of sp³-hybridized carbons (Fsp3) is 0.304. The van der Waals surface area contributed by atoms with Crippen molar-refractivity contribution in [1.82, 2.24) is 19.8 Å². The van der Waals surface area contributed by atoms with Crippen molar-refractivity contribution in [3.8, 4) is 0 Å². The second kappa shape index (κ2) is 10.0. The number of methoxy groups -OCH3 is 1. The van der Waals surface area contributed by atoms with E-state index in [2.05, 4.69) is 15.3 Å². The zero-order valence-electron chi connectivity index (χ0n) is 18.2. The minimum Gasteiger partial charge on any atom is -0.383 e. The molecule has 0 spiro atoms. The van der Waals surface area contributed by atoms with Gasteiger partial charge < -0.3 is 25.6 Å². The topological polar surface area (TPSA) is 114 Å². The van der Waals surface area contributed by atoms with Crippen LogP contribution >= 0.6 is 11.6 Å². The van der Waals surface area contributed by atoms with Crippen LogP contribution in [-0.2, 0) is 20.9 Å². The van der Waals surface area contributed by atoms with Gasteiger partial charge in [-0.2, -0.15) is 0 Å². The second-order valence-corrected chi connectivity index (χ2v) is 8.23. The number of carbonyl (C=O) groups excluding carboxylic acids is 2. The molecule has 33 heavy (non-hydrogen) atoms. The number of hydrogen-bond donors (Lipinski definition) is 2. The molecule has 4 rings (SSSR count). The Bertz CT molecular complexity index is 1170. The van der Waals surface area contributed by atoms with Crippen molar-refractivity contribution in [2.24, 2.45) is 0 Å². The van der Waals surface area contributed by atoms with E-state index in [-0.39, 0.29) is 25.0 Å². The standard InChI is InChI=1S/C23H25ClN6O3/c1-33-13-20-23(32)29(12-15-5-6-18-19(9-15)27-14-28-22(18)25)7-8-30(20)21(31)11-26-17-4-2-3-16(24)10-17/h2-6,9-10,14,20,26H,7-8,11-13H2,1H3,(H2,25,27,28)/t20-/m0/s1. The molecule has 0 bridgehead atoms. The predicted molar refractivity (Wildman–Crippen MR) is 127 cm³/mol. The number of nitrogen functional groups attached to an aromatic ring is 1. The van der Waals surface area contributed by atoms with Crippen LogP contribution in [-0.4, -0.2) is 71.0 Å². The van der Waals surface area contributed by atoms with Crippen LogP contribution in [0.5, 0.6) is 0 Å². The number of hydrogen-bond acceptors (Lipinski definition) is 7. The number of amides is 2.